The van der Waals surface area contributed by atoms with Crippen molar-refractivity contribution in [2.75, 3.05) is 13.3 Å². The molecule has 0 spiro atoms. The lowest BCUT2D eigenvalue weighted by Gasteiger charge is -2.30. The van der Waals surface area contributed by atoms with Gasteiger partial charge in [0.1, 0.15) is 18.1 Å². The number of ether oxygens (including phenoxy) is 2. The van der Waals surface area contributed by atoms with Crippen molar-refractivity contribution in [2.24, 2.45) is 0 Å². The maximum atomic E-state index is 13.4. The largest absolute Gasteiger partial charge is 0.467 e. The maximum absolute atomic E-state index is 13.4. The molecular weight excluding hydrogens is 439 g/mol. The minimum atomic E-state index is -0.357. The molecule has 1 aliphatic rings. The van der Waals surface area contributed by atoms with E-state index in [0.29, 0.717) is 29.4 Å². The SMILES string of the molecule is CC(C)N(CC(=O)N(Cc1ccc2c(c1)OCO2)Cc1ccco1)C(=O)Cc1ccc(F)cc1. The number of benzene rings is 2. The zero-order chi connectivity index (χ0) is 24.1. The highest BCUT2D eigenvalue weighted by Crippen LogP contribution is 2.33. The van der Waals surface area contributed by atoms with Gasteiger partial charge in [-0.2, -0.15) is 0 Å². The fourth-order valence-electron chi connectivity index (χ4n) is 3.77. The molecular formula is C26H27FN2O5. The van der Waals surface area contributed by atoms with Gasteiger partial charge >= 0.3 is 0 Å². The molecule has 3 aromatic rings. The van der Waals surface area contributed by atoms with Gasteiger partial charge < -0.3 is 23.7 Å². The summed E-state index contributed by atoms with van der Waals surface area (Å²) in [6.07, 6.45) is 1.65. The van der Waals surface area contributed by atoms with Crippen LogP contribution < -0.4 is 9.47 Å². The van der Waals surface area contributed by atoms with Gasteiger partial charge in [0, 0.05) is 12.6 Å². The van der Waals surface area contributed by atoms with Crippen LogP contribution in [-0.4, -0.2) is 41.0 Å². The van der Waals surface area contributed by atoms with Crippen molar-refractivity contribution < 1.29 is 27.9 Å². The van der Waals surface area contributed by atoms with Gasteiger partial charge in [0.05, 0.1) is 19.2 Å². The average molecular weight is 467 g/mol. The summed E-state index contributed by atoms with van der Waals surface area (Å²) in [5, 5.41) is 0. The number of amides is 2. The van der Waals surface area contributed by atoms with Crippen LogP contribution in [0.25, 0.3) is 0 Å². The van der Waals surface area contributed by atoms with Gasteiger partial charge in [-0.25, -0.2) is 4.39 Å². The summed E-state index contributed by atoms with van der Waals surface area (Å²) in [4.78, 5) is 29.6. The first-order chi connectivity index (χ1) is 16.4. The number of furan rings is 1. The average Bonchev–Trinajstić information content (AvgIpc) is 3.49. The summed E-state index contributed by atoms with van der Waals surface area (Å²) in [5.41, 5.74) is 1.56. The van der Waals surface area contributed by atoms with Crippen molar-refractivity contribution in [2.45, 2.75) is 39.4 Å². The molecule has 7 nitrogen and oxygen atoms in total. The zero-order valence-electron chi connectivity index (χ0n) is 19.2. The van der Waals surface area contributed by atoms with E-state index in [2.05, 4.69) is 0 Å². The fourth-order valence-corrected chi connectivity index (χ4v) is 3.77. The minimum Gasteiger partial charge on any atom is -0.467 e. The molecule has 8 heteroatoms. The molecule has 1 aliphatic heterocycles. The van der Waals surface area contributed by atoms with Crippen LogP contribution in [0.4, 0.5) is 4.39 Å². The number of halogens is 1. The van der Waals surface area contributed by atoms with E-state index >= 15 is 0 Å². The second kappa shape index (κ2) is 10.4. The Balaban J connectivity index is 1.49. The molecule has 178 valence electrons. The minimum absolute atomic E-state index is 0.0804. The summed E-state index contributed by atoms with van der Waals surface area (Å²) in [6, 6.07) is 14.7. The summed E-state index contributed by atoms with van der Waals surface area (Å²) in [6.45, 7) is 4.40. The second-order valence-electron chi connectivity index (χ2n) is 8.44. The quantitative estimate of drug-likeness (QED) is 0.474. The molecule has 34 heavy (non-hydrogen) atoms. The third kappa shape index (κ3) is 5.75. The van der Waals surface area contributed by atoms with Gasteiger partial charge in [0.15, 0.2) is 11.5 Å². The molecule has 0 saturated carbocycles. The Morgan fingerprint density at radius 3 is 2.38 bits per heavy atom. The predicted octanol–water partition coefficient (Wildman–Crippen LogP) is 4.16. The summed E-state index contributed by atoms with van der Waals surface area (Å²) in [5.74, 6) is 1.18. The Kier molecular flexibility index (Phi) is 7.15. The molecule has 0 fully saturated rings. The number of fused-ring (bicyclic) bond motifs is 1. The van der Waals surface area contributed by atoms with Crippen LogP contribution in [0.5, 0.6) is 11.5 Å². The maximum Gasteiger partial charge on any atom is 0.242 e. The Labute approximate surface area is 197 Å². The normalized spacial score (nSPS) is 12.1. The molecule has 1 aromatic heterocycles. The van der Waals surface area contributed by atoms with Crippen molar-refractivity contribution in [1.29, 1.82) is 0 Å². The highest BCUT2D eigenvalue weighted by Gasteiger charge is 2.25. The zero-order valence-corrected chi connectivity index (χ0v) is 19.2. The van der Waals surface area contributed by atoms with Crippen LogP contribution in [0.2, 0.25) is 0 Å². The molecule has 0 bridgehead atoms. The summed E-state index contributed by atoms with van der Waals surface area (Å²) >= 11 is 0. The molecule has 0 radical (unpaired) electrons. The van der Waals surface area contributed by atoms with Crippen LogP contribution in [0, 0.1) is 5.82 Å². The molecule has 2 amide bonds. The number of hydrogen-bond acceptors (Lipinski definition) is 5. The van der Waals surface area contributed by atoms with Crippen molar-refractivity contribution in [3.63, 3.8) is 0 Å². The van der Waals surface area contributed by atoms with Crippen LogP contribution in [0.1, 0.15) is 30.7 Å². The Morgan fingerprint density at radius 2 is 1.68 bits per heavy atom. The van der Waals surface area contributed by atoms with E-state index < -0.39 is 0 Å². The summed E-state index contributed by atoms with van der Waals surface area (Å²) in [7, 11) is 0. The lowest BCUT2D eigenvalue weighted by Crippen LogP contribution is -2.46. The molecule has 0 saturated heterocycles. The first-order valence-corrected chi connectivity index (χ1v) is 11.1. The van der Waals surface area contributed by atoms with Crippen molar-refractivity contribution in [1.82, 2.24) is 9.80 Å². The van der Waals surface area contributed by atoms with Crippen LogP contribution >= 0.6 is 0 Å². The fraction of sp³-hybridized carbons (Fsp3) is 0.308. The first kappa shape index (κ1) is 23.4. The predicted molar refractivity (Wildman–Crippen MR) is 122 cm³/mol. The summed E-state index contributed by atoms with van der Waals surface area (Å²) < 4.78 is 29.5. The van der Waals surface area contributed by atoms with Crippen molar-refractivity contribution in [3.8, 4) is 11.5 Å². The topological polar surface area (TPSA) is 72.2 Å². The van der Waals surface area contributed by atoms with Crippen LogP contribution in [0.15, 0.2) is 65.3 Å². The Hall–Kier alpha value is -3.81. The van der Waals surface area contributed by atoms with Crippen LogP contribution in [-0.2, 0) is 29.1 Å². The molecule has 0 aliphatic carbocycles. The van der Waals surface area contributed by atoms with E-state index in [1.807, 2.05) is 32.0 Å². The standard InChI is InChI=1S/C26H27FN2O5/c1-18(2)29(25(30)13-19-5-8-21(27)9-6-19)16-26(31)28(15-22-4-3-11-32-22)14-20-7-10-23-24(12-20)34-17-33-23/h3-12,18H,13-17H2,1-2H3. The van der Waals surface area contributed by atoms with Gasteiger partial charge in [0.2, 0.25) is 18.6 Å². The van der Waals surface area contributed by atoms with Crippen LogP contribution in [0.3, 0.4) is 0 Å². The van der Waals surface area contributed by atoms with Gasteiger partial charge in [-0.3, -0.25) is 9.59 Å². The van der Waals surface area contributed by atoms with Gasteiger partial charge in [-0.15, -0.1) is 0 Å². The molecule has 0 unspecified atom stereocenters. The molecule has 0 atom stereocenters. The molecule has 0 N–H and O–H groups in total. The lowest BCUT2D eigenvalue weighted by molar-refractivity contribution is -0.142. The molecule has 4 rings (SSSR count). The van der Waals surface area contributed by atoms with E-state index in [0.717, 1.165) is 5.56 Å². The number of nitrogens with zero attached hydrogens (tertiary/aromatic N) is 2. The number of rotatable bonds is 9. The van der Waals surface area contributed by atoms with Gasteiger partial charge in [0.25, 0.3) is 0 Å². The molecule has 2 aromatic carbocycles. The van der Waals surface area contributed by atoms with E-state index in [4.69, 9.17) is 13.9 Å². The smallest absolute Gasteiger partial charge is 0.242 e. The van der Waals surface area contributed by atoms with E-state index in [1.165, 1.54) is 12.1 Å². The monoisotopic (exact) mass is 466 g/mol. The highest BCUT2D eigenvalue weighted by atomic mass is 19.1. The number of carbonyl (C=O) groups excluding carboxylic acids is 2. The number of hydrogen-bond donors (Lipinski definition) is 0. The van der Waals surface area contributed by atoms with Gasteiger partial charge in [-0.1, -0.05) is 18.2 Å². The number of carbonyl (C=O) groups is 2. The van der Waals surface area contributed by atoms with Crippen molar-refractivity contribution >= 4 is 11.8 Å². The van der Waals surface area contributed by atoms with E-state index in [1.54, 1.807) is 40.3 Å². The highest BCUT2D eigenvalue weighted by molar-refractivity contribution is 5.86. The van der Waals surface area contributed by atoms with E-state index in [-0.39, 0.29) is 50.0 Å². The van der Waals surface area contributed by atoms with Crippen molar-refractivity contribution in [3.05, 3.63) is 83.6 Å². The lowest BCUT2D eigenvalue weighted by atomic mass is 10.1. The Bertz CT molecular complexity index is 1130. The third-order valence-corrected chi connectivity index (χ3v) is 5.61. The molecule has 2 heterocycles. The third-order valence-electron chi connectivity index (χ3n) is 5.61. The first-order valence-electron chi connectivity index (χ1n) is 11.1. The second-order valence-corrected chi connectivity index (χ2v) is 8.44. The van der Waals surface area contributed by atoms with Gasteiger partial charge in [-0.05, 0) is 61.4 Å². The Morgan fingerprint density at radius 1 is 0.941 bits per heavy atom. The van der Waals surface area contributed by atoms with E-state index in [9.17, 15) is 14.0 Å².